The molecule has 2 rings (SSSR count). The first-order valence-electron chi connectivity index (χ1n) is 7.17. The van der Waals surface area contributed by atoms with E-state index in [2.05, 4.69) is 15.5 Å². The molecule has 25 heavy (non-hydrogen) atoms. The lowest BCUT2D eigenvalue weighted by atomic mass is 10.1. The Morgan fingerprint density at radius 2 is 2.16 bits per heavy atom. The van der Waals surface area contributed by atoms with Crippen molar-refractivity contribution in [2.45, 2.75) is 31.2 Å². The number of aromatic amines is 1. The van der Waals surface area contributed by atoms with Gasteiger partial charge in [-0.1, -0.05) is 30.3 Å². The van der Waals surface area contributed by atoms with Crippen LogP contribution in [0, 0.1) is 0 Å². The van der Waals surface area contributed by atoms with E-state index in [0.29, 0.717) is 18.1 Å². The summed E-state index contributed by atoms with van der Waals surface area (Å²) in [5, 5.41) is 8.49. The smallest absolute Gasteiger partial charge is 0.325 e. The molecule has 1 aromatic heterocycles. The number of hydrogen-bond acceptors (Lipinski definition) is 4. The summed E-state index contributed by atoms with van der Waals surface area (Å²) in [6, 6.07) is 3.10. The van der Waals surface area contributed by atoms with Gasteiger partial charge in [-0.25, -0.2) is 9.89 Å². The number of alkyl halides is 3. The fourth-order valence-corrected chi connectivity index (χ4v) is 2.96. The molecule has 6 nitrogen and oxygen atoms in total. The molecule has 0 bridgehead atoms. The second-order valence-electron chi connectivity index (χ2n) is 4.99. The van der Waals surface area contributed by atoms with Crippen LogP contribution >= 0.6 is 23.4 Å². The third-order valence-corrected chi connectivity index (χ3v) is 4.28. The number of nitrogens with one attached hydrogen (secondary N) is 2. The summed E-state index contributed by atoms with van der Waals surface area (Å²) in [6.07, 6.45) is -3.95. The zero-order valence-corrected chi connectivity index (χ0v) is 14.6. The van der Waals surface area contributed by atoms with E-state index in [4.69, 9.17) is 11.6 Å². The molecule has 1 amide bonds. The standard InChI is InChI=1S/C14H14ClF3N4O2S/c1-2-5-22-12(24)20-21-13(22)25-7-11(23)19-10-4-3-8(15)6-9(10)14(16,17)18/h3-4,6H,2,5,7H2,1H3,(H,19,23)(H,20,24). The Morgan fingerprint density at radius 1 is 1.44 bits per heavy atom. The maximum atomic E-state index is 13.0. The van der Waals surface area contributed by atoms with E-state index in [1.807, 2.05) is 6.92 Å². The van der Waals surface area contributed by atoms with Gasteiger partial charge < -0.3 is 5.32 Å². The van der Waals surface area contributed by atoms with E-state index in [-0.39, 0.29) is 16.5 Å². The molecule has 11 heteroatoms. The molecule has 0 atom stereocenters. The second kappa shape index (κ2) is 7.96. The van der Waals surface area contributed by atoms with Crippen LogP contribution in [0.2, 0.25) is 5.02 Å². The van der Waals surface area contributed by atoms with Crippen molar-refractivity contribution in [3.8, 4) is 0 Å². The monoisotopic (exact) mass is 394 g/mol. The number of aromatic nitrogens is 3. The van der Waals surface area contributed by atoms with Crippen molar-refractivity contribution in [2.24, 2.45) is 0 Å². The van der Waals surface area contributed by atoms with Crippen LogP contribution in [0.4, 0.5) is 18.9 Å². The van der Waals surface area contributed by atoms with Gasteiger partial charge in [0.05, 0.1) is 17.0 Å². The van der Waals surface area contributed by atoms with Gasteiger partial charge in [-0.15, -0.1) is 5.10 Å². The van der Waals surface area contributed by atoms with Crippen molar-refractivity contribution in [3.05, 3.63) is 39.3 Å². The number of rotatable bonds is 6. The highest BCUT2D eigenvalue weighted by Crippen LogP contribution is 2.36. The Hall–Kier alpha value is -1.94. The zero-order valence-electron chi connectivity index (χ0n) is 13.0. The normalized spacial score (nSPS) is 11.6. The first kappa shape index (κ1) is 19.4. The quantitative estimate of drug-likeness (QED) is 0.736. The summed E-state index contributed by atoms with van der Waals surface area (Å²) in [4.78, 5) is 23.5. The largest absolute Gasteiger partial charge is 0.418 e. The molecule has 2 N–H and O–H groups in total. The third kappa shape index (κ3) is 5.02. The van der Waals surface area contributed by atoms with Crippen molar-refractivity contribution in [1.82, 2.24) is 14.8 Å². The number of amides is 1. The molecule has 0 saturated heterocycles. The molecule has 1 heterocycles. The number of nitrogens with zero attached hydrogens (tertiary/aromatic N) is 2. The van der Waals surface area contributed by atoms with Crippen LogP contribution in [0.1, 0.15) is 18.9 Å². The maximum Gasteiger partial charge on any atom is 0.418 e. The first-order valence-corrected chi connectivity index (χ1v) is 8.53. The van der Waals surface area contributed by atoms with Crippen molar-refractivity contribution >= 4 is 35.0 Å². The van der Waals surface area contributed by atoms with Gasteiger partial charge in [0, 0.05) is 11.6 Å². The molecule has 2 aromatic rings. The van der Waals surface area contributed by atoms with Gasteiger partial charge in [-0.05, 0) is 24.6 Å². The Balaban J connectivity index is 2.08. The van der Waals surface area contributed by atoms with Gasteiger partial charge in [0.2, 0.25) is 5.91 Å². The fourth-order valence-electron chi connectivity index (χ4n) is 2.01. The minimum absolute atomic E-state index is 0.0835. The number of hydrogen-bond donors (Lipinski definition) is 2. The number of thioether (sulfide) groups is 1. The molecule has 0 unspecified atom stereocenters. The highest BCUT2D eigenvalue weighted by atomic mass is 35.5. The van der Waals surface area contributed by atoms with Gasteiger partial charge in [0.1, 0.15) is 0 Å². The molecule has 1 aromatic carbocycles. The van der Waals surface area contributed by atoms with Gasteiger partial charge in [-0.2, -0.15) is 13.2 Å². The summed E-state index contributed by atoms with van der Waals surface area (Å²) >= 11 is 6.54. The lowest BCUT2D eigenvalue weighted by molar-refractivity contribution is -0.137. The number of halogens is 4. The van der Waals surface area contributed by atoms with Gasteiger partial charge in [0.25, 0.3) is 0 Å². The van der Waals surface area contributed by atoms with Crippen molar-refractivity contribution in [3.63, 3.8) is 0 Å². The van der Waals surface area contributed by atoms with E-state index in [9.17, 15) is 22.8 Å². The Labute approximate surface area is 149 Å². The number of carbonyl (C=O) groups is 1. The average molecular weight is 395 g/mol. The summed E-state index contributed by atoms with van der Waals surface area (Å²) in [6.45, 7) is 2.30. The molecule has 136 valence electrons. The van der Waals surface area contributed by atoms with Gasteiger partial charge in [-0.3, -0.25) is 9.36 Å². The average Bonchev–Trinajstić information content (AvgIpc) is 2.87. The van der Waals surface area contributed by atoms with E-state index in [1.54, 1.807) is 0 Å². The molecule has 0 aliphatic carbocycles. The molecule has 0 radical (unpaired) electrons. The van der Waals surface area contributed by atoms with Crippen LogP contribution in [0.5, 0.6) is 0 Å². The second-order valence-corrected chi connectivity index (χ2v) is 6.37. The van der Waals surface area contributed by atoms with E-state index in [1.165, 1.54) is 10.6 Å². The van der Waals surface area contributed by atoms with Crippen LogP contribution in [0.15, 0.2) is 28.2 Å². The summed E-state index contributed by atoms with van der Waals surface area (Å²) in [5.41, 5.74) is -1.81. The van der Waals surface area contributed by atoms with E-state index < -0.39 is 23.3 Å². The number of anilines is 1. The summed E-state index contributed by atoms with van der Waals surface area (Å²) < 4.78 is 40.4. The molecule has 0 spiro atoms. The number of carbonyl (C=O) groups excluding carboxylic acids is 1. The lowest BCUT2D eigenvalue weighted by Gasteiger charge is -2.14. The third-order valence-electron chi connectivity index (χ3n) is 3.06. The van der Waals surface area contributed by atoms with Crippen LogP contribution in [-0.4, -0.2) is 26.4 Å². The predicted octanol–water partition coefficient (Wildman–Crippen LogP) is 3.38. The number of H-pyrrole nitrogens is 1. The molecular weight excluding hydrogens is 381 g/mol. The highest BCUT2D eigenvalue weighted by Gasteiger charge is 2.34. The molecule has 0 aliphatic rings. The molecule has 0 aliphatic heterocycles. The van der Waals surface area contributed by atoms with Crippen molar-refractivity contribution < 1.29 is 18.0 Å². The van der Waals surface area contributed by atoms with Crippen molar-refractivity contribution in [1.29, 1.82) is 0 Å². The minimum atomic E-state index is -4.65. The Morgan fingerprint density at radius 3 is 2.80 bits per heavy atom. The van der Waals surface area contributed by atoms with Crippen molar-refractivity contribution in [2.75, 3.05) is 11.1 Å². The summed E-state index contributed by atoms with van der Waals surface area (Å²) in [7, 11) is 0. The maximum absolute atomic E-state index is 13.0. The Kier molecular flexibility index (Phi) is 6.17. The molecular formula is C14H14ClF3N4O2S. The molecule has 0 fully saturated rings. The van der Waals surface area contributed by atoms with Crippen LogP contribution in [0.25, 0.3) is 0 Å². The highest BCUT2D eigenvalue weighted by molar-refractivity contribution is 7.99. The van der Waals surface area contributed by atoms with Gasteiger partial charge >= 0.3 is 11.9 Å². The SMILES string of the molecule is CCCn1c(SCC(=O)Nc2ccc(Cl)cc2C(F)(F)F)n[nH]c1=O. The zero-order chi connectivity index (χ0) is 18.6. The first-order chi connectivity index (χ1) is 11.7. The minimum Gasteiger partial charge on any atom is -0.325 e. The summed E-state index contributed by atoms with van der Waals surface area (Å²) in [5.74, 6) is -0.857. The van der Waals surface area contributed by atoms with E-state index >= 15 is 0 Å². The van der Waals surface area contributed by atoms with E-state index in [0.717, 1.165) is 23.9 Å². The number of benzene rings is 1. The van der Waals surface area contributed by atoms with Crippen LogP contribution < -0.4 is 11.0 Å². The molecule has 0 saturated carbocycles. The predicted molar refractivity (Wildman–Crippen MR) is 88.9 cm³/mol. The fraction of sp³-hybridized carbons (Fsp3) is 0.357. The van der Waals surface area contributed by atoms with Crippen LogP contribution in [0.3, 0.4) is 0 Å². The van der Waals surface area contributed by atoms with Crippen LogP contribution in [-0.2, 0) is 17.5 Å². The van der Waals surface area contributed by atoms with Gasteiger partial charge in [0.15, 0.2) is 5.16 Å². The lowest BCUT2D eigenvalue weighted by Crippen LogP contribution is -2.20. The topological polar surface area (TPSA) is 79.8 Å². The Bertz CT molecular complexity index is 819.